The quantitative estimate of drug-likeness (QED) is 0.861. The second-order valence-electron chi connectivity index (χ2n) is 5.34. The van der Waals surface area contributed by atoms with E-state index in [1.807, 2.05) is 19.2 Å². The summed E-state index contributed by atoms with van der Waals surface area (Å²) in [5.41, 5.74) is 2.10. The van der Waals surface area contributed by atoms with Crippen LogP contribution in [0.3, 0.4) is 0 Å². The Kier molecular flexibility index (Phi) is 3.71. The number of carbonyl (C=O) groups is 1. The third-order valence-corrected chi connectivity index (χ3v) is 3.93. The van der Waals surface area contributed by atoms with Gasteiger partial charge in [-0.1, -0.05) is 24.3 Å². The fourth-order valence-electron chi connectivity index (χ4n) is 2.28. The maximum atomic E-state index is 12.1. The first-order valence-electron chi connectivity index (χ1n) is 6.50. The molecule has 1 saturated carbocycles. The van der Waals surface area contributed by atoms with Gasteiger partial charge in [-0.2, -0.15) is 0 Å². The maximum Gasteiger partial charge on any atom is 0.230 e. The van der Waals surface area contributed by atoms with Crippen molar-refractivity contribution in [1.29, 1.82) is 0 Å². The third kappa shape index (κ3) is 2.56. The number of nitrogens with zero attached hydrogens (tertiary/aromatic N) is 1. The molecule has 0 spiro atoms. The van der Waals surface area contributed by atoms with Gasteiger partial charge in [-0.25, -0.2) is 0 Å². The molecule has 0 radical (unpaired) electrons. The van der Waals surface area contributed by atoms with Crippen molar-refractivity contribution < 1.29 is 9.90 Å². The van der Waals surface area contributed by atoms with E-state index < -0.39 is 5.41 Å². The Bertz CT molecular complexity index is 438. The first-order valence-corrected chi connectivity index (χ1v) is 6.50. The minimum Gasteiger partial charge on any atom is -0.395 e. The molecule has 1 aromatic rings. The van der Waals surface area contributed by atoms with E-state index in [2.05, 4.69) is 19.1 Å². The third-order valence-electron chi connectivity index (χ3n) is 3.93. The highest BCUT2D eigenvalue weighted by molar-refractivity contribution is 5.85. The highest BCUT2D eigenvalue weighted by Gasteiger charge is 2.50. The number of aliphatic hydroxyl groups excluding tert-OH is 1. The van der Waals surface area contributed by atoms with Gasteiger partial charge in [-0.05, 0) is 37.3 Å². The average Bonchev–Trinajstić information content (AvgIpc) is 3.17. The predicted octanol–water partition coefficient (Wildman–Crippen LogP) is 1.77. The summed E-state index contributed by atoms with van der Waals surface area (Å²) >= 11 is 0. The summed E-state index contributed by atoms with van der Waals surface area (Å²) in [5, 5.41) is 9.26. The molecule has 1 N–H and O–H groups in total. The van der Waals surface area contributed by atoms with E-state index in [0.717, 1.165) is 19.3 Å². The highest BCUT2D eigenvalue weighted by atomic mass is 16.3. The molecule has 0 atom stereocenters. The van der Waals surface area contributed by atoms with E-state index in [4.69, 9.17) is 0 Å². The van der Waals surface area contributed by atoms with Crippen molar-refractivity contribution in [1.82, 2.24) is 4.90 Å². The summed E-state index contributed by atoms with van der Waals surface area (Å²) < 4.78 is 0. The Morgan fingerprint density at radius 2 is 2.06 bits per heavy atom. The number of hydrogen-bond donors (Lipinski definition) is 1. The summed E-state index contributed by atoms with van der Waals surface area (Å²) in [6, 6.07) is 8.25. The number of amides is 1. The van der Waals surface area contributed by atoms with Crippen molar-refractivity contribution in [2.75, 3.05) is 20.2 Å². The molecule has 1 fully saturated rings. The van der Waals surface area contributed by atoms with Crippen molar-refractivity contribution in [3.05, 3.63) is 35.4 Å². The summed E-state index contributed by atoms with van der Waals surface area (Å²) in [6.07, 6.45) is 2.53. The molecule has 0 saturated heterocycles. The van der Waals surface area contributed by atoms with Gasteiger partial charge >= 0.3 is 0 Å². The predicted molar refractivity (Wildman–Crippen MR) is 71.3 cm³/mol. The Morgan fingerprint density at radius 1 is 1.39 bits per heavy atom. The average molecular weight is 247 g/mol. The Labute approximate surface area is 108 Å². The fourth-order valence-corrected chi connectivity index (χ4v) is 2.28. The van der Waals surface area contributed by atoms with Gasteiger partial charge in [0.2, 0.25) is 5.91 Å². The Hall–Kier alpha value is -1.35. The van der Waals surface area contributed by atoms with Crippen LogP contribution < -0.4 is 0 Å². The number of aryl methyl sites for hydroxylation is 1. The molecule has 3 heteroatoms. The van der Waals surface area contributed by atoms with E-state index in [0.29, 0.717) is 6.54 Å². The molecule has 0 bridgehead atoms. The molecule has 98 valence electrons. The zero-order chi connectivity index (χ0) is 13.2. The van der Waals surface area contributed by atoms with Crippen LogP contribution in [0.2, 0.25) is 0 Å². The number of rotatable bonds is 5. The SMILES string of the molecule is Cc1ccccc1CCN(C)C(=O)C1(CO)CC1. The normalized spacial score (nSPS) is 16.4. The van der Waals surface area contributed by atoms with Crippen LogP contribution in [0.5, 0.6) is 0 Å². The van der Waals surface area contributed by atoms with Gasteiger partial charge in [0.05, 0.1) is 12.0 Å². The maximum absolute atomic E-state index is 12.1. The van der Waals surface area contributed by atoms with E-state index >= 15 is 0 Å². The zero-order valence-electron chi connectivity index (χ0n) is 11.1. The fraction of sp³-hybridized carbons (Fsp3) is 0.533. The first-order chi connectivity index (χ1) is 8.59. The monoisotopic (exact) mass is 247 g/mol. The van der Waals surface area contributed by atoms with Gasteiger partial charge in [0, 0.05) is 13.6 Å². The summed E-state index contributed by atoms with van der Waals surface area (Å²) in [4.78, 5) is 13.9. The smallest absolute Gasteiger partial charge is 0.230 e. The molecule has 1 aromatic carbocycles. The number of carbonyl (C=O) groups excluding carboxylic acids is 1. The van der Waals surface area contributed by atoms with Crippen LogP contribution in [-0.4, -0.2) is 36.1 Å². The van der Waals surface area contributed by atoms with Crippen LogP contribution in [0, 0.1) is 12.3 Å². The molecular weight excluding hydrogens is 226 g/mol. The molecule has 3 nitrogen and oxygen atoms in total. The van der Waals surface area contributed by atoms with Gasteiger partial charge in [-0.3, -0.25) is 4.79 Å². The van der Waals surface area contributed by atoms with Gasteiger partial charge in [0.15, 0.2) is 0 Å². The van der Waals surface area contributed by atoms with Crippen LogP contribution in [0.4, 0.5) is 0 Å². The molecule has 1 aliphatic rings. The number of hydrogen-bond acceptors (Lipinski definition) is 2. The van der Waals surface area contributed by atoms with Crippen molar-refractivity contribution >= 4 is 5.91 Å². The topological polar surface area (TPSA) is 40.5 Å². The van der Waals surface area contributed by atoms with Gasteiger partial charge < -0.3 is 10.0 Å². The molecule has 2 rings (SSSR count). The van der Waals surface area contributed by atoms with E-state index in [1.165, 1.54) is 11.1 Å². The summed E-state index contributed by atoms with van der Waals surface area (Å²) in [7, 11) is 1.83. The number of aliphatic hydroxyl groups is 1. The zero-order valence-corrected chi connectivity index (χ0v) is 11.1. The molecule has 1 amide bonds. The molecule has 18 heavy (non-hydrogen) atoms. The second kappa shape index (κ2) is 5.11. The standard InChI is InChI=1S/C15H21NO2/c1-12-5-3-4-6-13(12)7-10-16(2)14(18)15(11-17)8-9-15/h3-6,17H,7-11H2,1-2H3. The van der Waals surface area contributed by atoms with Crippen LogP contribution >= 0.6 is 0 Å². The van der Waals surface area contributed by atoms with Crippen LogP contribution in [0.15, 0.2) is 24.3 Å². The van der Waals surface area contributed by atoms with E-state index in [1.54, 1.807) is 4.90 Å². The minimum atomic E-state index is -0.444. The lowest BCUT2D eigenvalue weighted by molar-refractivity contribution is -0.137. The Morgan fingerprint density at radius 3 is 2.61 bits per heavy atom. The van der Waals surface area contributed by atoms with E-state index in [-0.39, 0.29) is 12.5 Å². The first kappa shape index (κ1) is 13.1. The molecule has 0 aromatic heterocycles. The lowest BCUT2D eigenvalue weighted by atomic mass is 10.0. The second-order valence-corrected chi connectivity index (χ2v) is 5.34. The molecule has 0 unspecified atom stereocenters. The van der Waals surface area contributed by atoms with Gasteiger partial charge in [0.25, 0.3) is 0 Å². The van der Waals surface area contributed by atoms with Crippen LogP contribution in [-0.2, 0) is 11.2 Å². The van der Waals surface area contributed by atoms with Crippen LogP contribution in [0.1, 0.15) is 24.0 Å². The summed E-state index contributed by atoms with van der Waals surface area (Å²) in [5.74, 6) is 0.0959. The van der Waals surface area contributed by atoms with Crippen molar-refractivity contribution in [2.24, 2.45) is 5.41 Å². The number of benzene rings is 1. The van der Waals surface area contributed by atoms with Gasteiger partial charge in [-0.15, -0.1) is 0 Å². The molecule has 0 aliphatic heterocycles. The lowest BCUT2D eigenvalue weighted by Gasteiger charge is -2.22. The van der Waals surface area contributed by atoms with Crippen molar-refractivity contribution in [3.63, 3.8) is 0 Å². The lowest BCUT2D eigenvalue weighted by Crippen LogP contribution is -2.37. The largest absolute Gasteiger partial charge is 0.395 e. The van der Waals surface area contributed by atoms with Crippen molar-refractivity contribution in [3.8, 4) is 0 Å². The van der Waals surface area contributed by atoms with Gasteiger partial charge in [0.1, 0.15) is 0 Å². The minimum absolute atomic E-state index is 0.0134. The molecule has 0 heterocycles. The number of likely N-dealkylation sites (N-methyl/N-ethyl adjacent to an activating group) is 1. The Balaban J connectivity index is 1.91. The van der Waals surface area contributed by atoms with Crippen molar-refractivity contribution in [2.45, 2.75) is 26.2 Å². The highest BCUT2D eigenvalue weighted by Crippen LogP contribution is 2.46. The van der Waals surface area contributed by atoms with Crippen LogP contribution in [0.25, 0.3) is 0 Å². The molecule has 1 aliphatic carbocycles. The molecular formula is C15H21NO2. The van der Waals surface area contributed by atoms with E-state index in [9.17, 15) is 9.90 Å². The summed E-state index contributed by atoms with van der Waals surface area (Å²) in [6.45, 7) is 2.79.